The van der Waals surface area contributed by atoms with E-state index >= 15 is 0 Å². The second-order valence-corrected chi connectivity index (χ2v) is 8.34. The summed E-state index contributed by atoms with van der Waals surface area (Å²) in [4.78, 5) is 22.1. The lowest BCUT2D eigenvalue weighted by Gasteiger charge is -2.10. The molecule has 9 nitrogen and oxygen atoms in total. The van der Waals surface area contributed by atoms with Crippen molar-refractivity contribution in [3.05, 3.63) is 47.1 Å². The lowest BCUT2D eigenvalue weighted by molar-refractivity contribution is 0.596. The Hall–Kier alpha value is -2.98. The first-order chi connectivity index (χ1) is 13.1. The molecule has 2 N–H and O–H groups in total. The van der Waals surface area contributed by atoms with Crippen molar-refractivity contribution >= 4 is 32.1 Å². The minimum absolute atomic E-state index is 0.121. The third-order valence-corrected chi connectivity index (χ3v) is 5.65. The summed E-state index contributed by atoms with van der Waals surface area (Å²) in [6, 6.07) is 2.06. The van der Waals surface area contributed by atoms with Gasteiger partial charge in [0.25, 0.3) is 0 Å². The van der Waals surface area contributed by atoms with Gasteiger partial charge in [-0.25, -0.2) is 38.5 Å². The number of rotatable bonds is 3. The zero-order valence-corrected chi connectivity index (χ0v) is 16.7. The summed E-state index contributed by atoms with van der Waals surface area (Å²) in [6.45, 7) is 8.11. The van der Waals surface area contributed by atoms with Crippen LogP contribution in [0.15, 0.2) is 23.4 Å². The molecule has 0 amide bonds. The summed E-state index contributed by atoms with van der Waals surface area (Å²) < 4.78 is 24.8. The molecule has 4 heterocycles. The van der Waals surface area contributed by atoms with E-state index in [1.807, 2.05) is 32.3 Å². The summed E-state index contributed by atoms with van der Waals surface area (Å²) in [7, 11) is -3.83. The second-order valence-electron chi connectivity index (χ2n) is 6.78. The number of fused-ring (bicyclic) bond motifs is 3. The van der Waals surface area contributed by atoms with Crippen LogP contribution in [0.2, 0.25) is 0 Å². The van der Waals surface area contributed by atoms with E-state index in [9.17, 15) is 8.42 Å². The molecule has 10 heteroatoms. The van der Waals surface area contributed by atoms with Crippen LogP contribution in [0.5, 0.6) is 0 Å². The van der Waals surface area contributed by atoms with E-state index in [4.69, 9.17) is 5.14 Å². The highest BCUT2D eigenvalue weighted by Gasteiger charge is 2.17. The molecule has 0 bridgehead atoms. The number of sulfonamides is 1. The molecule has 0 unspecified atom stereocenters. The predicted molar refractivity (Wildman–Crippen MR) is 104 cm³/mol. The minimum Gasteiger partial charge on any atom is -0.320 e. The topological polar surface area (TPSA) is 130 Å². The van der Waals surface area contributed by atoms with Gasteiger partial charge in [-0.05, 0) is 39.3 Å². The fourth-order valence-corrected chi connectivity index (χ4v) is 3.56. The third-order valence-electron chi connectivity index (χ3n) is 4.79. The van der Waals surface area contributed by atoms with Gasteiger partial charge in [0.05, 0.1) is 30.1 Å². The Kier molecular flexibility index (Phi) is 4.12. The largest absolute Gasteiger partial charge is 0.320 e. The number of aryl methyl sites for hydroxylation is 4. The highest BCUT2D eigenvalue weighted by molar-refractivity contribution is 7.89. The van der Waals surface area contributed by atoms with Crippen molar-refractivity contribution < 1.29 is 8.42 Å². The van der Waals surface area contributed by atoms with Gasteiger partial charge in [0, 0.05) is 11.1 Å². The van der Waals surface area contributed by atoms with E-state index < -0.39 is 10.0 Å². The van der Waals surface area contributed by atoms with Crippen LogP contribution in [0.1, 0.15) is 28.6 Å². The molecule has 144 valence electrons. The summed E-state index contributed by atoms with van der Waals surface area (Å²) in [5, 5.41) is 6.02. The van der Waals surface area contributed by atoms with Gasteiger partial charge in [-0.15, -0.1) is 0 Å². The number of hydrogen-bond donors (Lipinski definition) is 1. The first-order valence-corrected chi connectivity index (χ1v) is 10.1. The number of pyridine rings is 2. The quantitative estimate of drug-likeness (QED) is 0.557. The van der Waals surface area contributed by atoms with Crippen molar-refractivity contribution in [2.45, 2.75) is 39.1 Å². The summed E-state index contributed by atoms with van der Waals surface area (Å²) in [6.07, 6.45) is 2.43. The molecule has 4 rings (SSSR count). The van der Waals surface area contributed by atoms with Crippen LogP contribution in [-0.2, 0) is 16.6 Å². The molecule has 0 saturated carbocycles. The molecule has 0 radical (unpaired) electrons. The molecule has 4 aromatic heterocycles. The van der Waals surface area contributed by atoms with Crippen LogP contribution >= 0.6 is 0 Å². The van der Waals surface area contributed by atoms with Crippen LogP contribution in [0.25, 0.3) is 22.1 Å². The van der Waals surface area contributed by atoms with Crippen molar-refractivity contribution in [3.8, 4) is 0 Å². The van der Waals surface area contributed by atoms with Gasteiger partial charge < -0.3 is 4.57 Å². The molecular weight excluding hydrogens is 378 g/mol. The average molecular weight is 397 g/mol. The monoisotopic (exact) mass is 397 g/mol. The zero-order chi connectivity index (χ0) is 20.2. The molecule has 28 heavy (non-hydrogen) atoms. The Morgan fingerprint density at radius 3 is 2.29 bits per heavy atom. The van der Waals surface area contributed by atoms with E-state index in [1.54, 1.807) is 0 Å². The number of nitrogens with zero attached hydrogens (tertiary/aromatic N) is 6. The molecule has 0 fully saturated rings. The number of imidazole rings is 1. The van der Waals surface area contributed by atoms with Gasteiger partial charge in [0.1, 0.15) is 22.1 Å². The number of aromatic nitrogens is 6. The van der Waals surface area contributed by atoms with Crippen LogP contribution in [0.4, 0.5) is 0 Å². The standard InChI is InChI=1S/C18H19N7O2S/c1-9-5-14-17-16(11(3)23-18(14)22-10(9)2)24-12(4)25(17)8-15-20-6-13(7-21-15)28(19,26)27/h5-7H,8H2,1-4H3,(H2,19,26,27). The van der Waals surface area contributed by atoms with Gasteiger partial charge in [0.2, 0.25) is 10.0 Å². The van der Waals surface area contributed by atoms with Crippen molar-refractivity contribution in [2.24, 2.45) is 5.14 Å². The Morgan fingerprint density at radius 2 is 1.64 bits per heavy atom. The SMILES string of the molecule is Cc1cc2c(nc1C)nc(C)c1nc(C)n(Cc3ncc(S(N)(=O)=O)cn3)c12. The summed E-state index contributed by atoms with van der Waals surface area (Å²) >= 11 is 0. The number of primary sulfonamides is 1. The minimum atomic E-state index is -3.83. The maximum absolute atomic E-state index is 11.4. The zero-order valence-electron chi connectivity index (χ0n) is 15.9. The Morgan fingerprint density at radius 1 is 1.00 bits per heavy atom. The van der Waals surface area contributed by atoms with Gasteiger partial charge >= 0.3 is 0 Å². The lowest BCUT2D eigenvalue weighted by Crippen LogP contribution is -2.14. The molecule has 0 aromatic carbocycles. The molecule has 0 atom stereocenters. The third kappa shape index (κ3) is 3.00. The highest BCUT2D eigenvalue weighted by Crippen LogP contribution is 2.28. The fourth-order valence-electron chi connectivity index (χ4n) is 3.16. The molecule has 0 spiro atoms. The Bertz CT molecular complexity index is 1340. The first-order valence-electron chi connectivity index (χ1n) is 8.60. The maximum atomic E-state index is 11.4. The number of nitrogens with two attached hydrogens (primary N) is 1. The van der Waals surface area contributed by atoms with Crippen LogP contribution in [0.3, 0.4) is 0 Å². The van der Waals surface area contributed by atoms with E-state index in [0.29, 0.717) is 18.0 Å². The molecule has 0 aliphatic rings. The van der Waals surface area contributed by atoms with E-state index in [-0.39, 0.29) is 4.90 Å². The number of hydrogen-bond acceptors (Lipinski definition) is 7. The average Bonchev–Trinajstić information content (AvgIpc) is 2.94. The molecule has 0 saturated heterocycles. The molecule has 4 aromatic rings. The smallest absolute Gasteiger partial charge is 0.241 e. The van der Waals surface area contributed by atoms with Crippen LogP contribution in [-0.4, -0.2) is 37.9 Å². The van der Waals surface area contributed by atoms with Gasteiger partial charge in [0.15, 0.2) is 5.65 Å². The Balaban J connectivity index is 1.91. The van der Waals surface area contributed by atoms with Crippen molar-refractivity contribution in [1.82, 2.24) is 29.5 Å². The van der Waals surface area contributed by atoms with Crippen molar-refractivity contribution in [1.29, 1.82) is 0 Å². The van der Waals surface area contributed by atoms with Crippen molar-refractivity contribution in [2.75, 3.05) is 0 Å². The predicted octanol–water partition coefficient (Wildman–Crippen LogP) is 1.70. The second kappa shape index (κ2) is 6.28. The van der Waals surface area contributed by atoms with Crippen molar-refractivity contribution in [3.63, 3.8) is 0 Å². The molecular formula is C18H19N7O2S. The first kappa shape index (κ1) is 18.4. The lowest BCUT2D eigenvalue weighted by atomic mass is 10.1. The van der Waals surface area contributed by atoms with Gasteiger partial charge in [-0.1, -0.05) is 0 Å². The van der Waals surface area contributed by atoms with Crippen LogP contribution < -0.4 is 5.14 Å². The highest BCUT2D eigenvalue weighted by atomic mass is 32.2. The Labute approximate surface area is 161 Å². The maximum Gasteiger partial charge on any atom is 0.241 e. The molecule has 0 aliphatic heterocycles. The van der Waals surface area contributed by atoms with Gasteiger partial charge in [-0.3, -0.25) is 0 Å². The van der Waals surface area contributed by atoms with Crippen LogP contribution in [0, 0.1) is 27.7 Å². The normalized spacial score (nSPS) is 12.2. The van der Waals surface area contributed by atoms with E-state index in [2.05, 4.69) is 31.0 Å². The van der Waals surface area contributed by atoms with Gasteiger partial charge in [-0.2, -0.15) is 0 Å². The van der Waals surface area contributed by atoms with E-state index in [1.165, 1.54) is 12.4 Å². The summed E-state index contributed by atoms with van der Waals surface area (Å²) in [5.41, 5.74) is 5.18. The summed E-state index contributed by atoms with van der Waals surface area (Å²) in [5.74, 6) is 1.24. The molecule has 0 aliphatic carbocycles. The fraction of sp³-hybridized carbons (Fsp3) is 0.278. The van der Waals surface area contributed by atoms with E-state index in [0.717, 1.165) is 39.2 Å².